The van der Waals surface area contributed by atoms with Crippen molar-refractivity contribution in [2.75, 3.05) is 25.1 Å². The second kappa shape index (κ2) is 6.15. The Hall–Kier alpha value is -1.40. The predicted octanol–water partition coefficient (Wildman–Crippen LogP) is 0.812. The molecule has 6 heteroatoms. The molecule has 1 fully saturated rings. The van der Waals surface area contributed by atoms with Gasteiger partial charge in [0.1, 0.15) is 0 Å². The van der Waals surface area contributed by atoms with Gasteiger partial charge in [0, 0.05) is 6.54 Å². The van der Waals surface area contributed by atoms with Crippen molar-refractivity contribution in [1.82, 2.24) is 10.2 Å². The lowest BCUT2D eigenvalue weighted by Crippen LogP contribution is -2.49. The number of carbonyl (C=O) groups is 1. The first-order valence-electron chi connectivity index (χ1n) is 7.02. The van der Waals surface area contributed by atoms with Gasteiger partial charge >= 0.3 is 0 Å². The Morgan fingerprint density at radius 1 is 1.33 bits per heavy atom. The van der Waals surface area contributed by atoms with Crippen LogP contribution in [0.25, 0.3) is 0 Å². The Morgan fingerprint density at radius 3 is 2.57 bits per heavy atom. The van der Waals surface area contributed by atoms with Crippen LogP contribution in [-0.2, 0) is 21.2 Å². The van der Waals surface area contributed by atoms with Crippen LogP contribution in [-0.4, -0.2) is 49.9 Å². The Balaban J connectivity index is 1.84. The maximum absolute atomic E-state index is 12.1. The molecule has 21 heavy (non-hydrogen) atoms. The molecule has 1 atom stereocenters. The lowest BCUT2D eigenvalue weighted by Gasteiger charge is -2.25. The molecule has 1 N–H and O–H groups in total. The van der Waals surface area contributed by atoms with E-state index in [1.165, 1.54) is 0 Å². The molecule has 0 spiro atoms. The molecule has 0 aromatic heterocycles. The standard InChI is InChI=1S/C15H22N2O3S/c1-15(8-9-21(19,20)12-15)16-14(18)11-17(2)10-13-6-4-3-5-7-13/h3-7H,8-12H2,1-2H3,(H,16,18). The summed E-state index contributed by atoms with van der Waals surface area (Å²) in [4.78, 5) is 14.0. The maximum atomic E-state index is 12.1. The number of hydrogen-bond donors (Lipinski definition) is 1. The largest absolute Gasteiger partial charge is 0.349 e. The third-order valence-corrected chi connectivity index (χ3v) is 5.56. The molecule has 0 saturated carbocycles. The van der Waals surface area contributed by atoms with Gasteiger partial charge in [-0.25, -0.2) is 8.42 Å². The van der Waals surface area contributed by atoms with Crippen molar-refractivity contribution in [3.8, 4) is 0 Å². The van der Waals surface area contributed by atoms with E-state index in [-0.39, 0.29) is 24.0 Å². The minimum absolute atomic E-state index is 0.0359. The molecule has 2 rings (SSSR count). The molecule has 1 saturated heterocycles. The number of likely N-dealkylation sites (N-methyl/N-ethyl adjacent to an activating group) is 1. The summed E-state index contributed by atoms with van der Waals surface area (Å²) < 4.78 is 23.1. The van der Waals surface area contributed by atoms with E-state index in [2.05, 4.69) is 5.32 Å². The van der Waals surface area contributed by atoms with Crippen LogP contribution in [0.1, 0.15) is 18.9 Å². The van der Waals surface area contributed by atoms with Crippen molar-refractivity contribution < 1.29 is 13.2 Å². The summed E-state index contributed by atoms with van der Waals surface area (Å²) in [5, 5.41) is 2.87. The van der Waals surface area contributed by atoms with Crippen LogP contribution < -0.4 is 5.32 Å². The van der Waals surface area contributed by atoms with E-state index in [0.717, 1.165) is 5.56 Å². The number of benzene rings is 1. The monoisotopic (exact) mass is 310 g/mol. The maximum Gasteiger partial charge on any atom is 0.234 e. The molecular formula is C15H22N2O3S. The van der Waals surface area contributed by atoms with Gasteiger partial charge in [-0.3, -0.25) is 9.69 Å². The zero-order valence-corrected chi connectivity index (χ0v) is 13.3. The topological polar surface area (TPSA) is 66.5 Å². The normalized spacial score (nSPS) is 24.1. The van der Waals surface area contributed by atoms with Crippen LogP contribution >= 0.6 is 0 Å². The average molecular weight is 310 g/mol. The highest BCUT2D eigenvalue weighted by Crippen LogP contribution is 2.22. The number of sulfone groups is 1. The SMILES string of the molecule is CN(CC(=O)NC1(C)CCS(=O)(=O)C1)Cc1ccccc1. The van der Waals surface area contributed by atoms with Crippen molar-refractivity contribution in [2.45, 2.75) is 25.4 Å². The van der Waals surface area contributed by atoms with Crippen molar-refractivity contribution in [2.24, 2.45) is 0 Å². The van der Waals surface area contributed by atoms with Crippen LogP contribution in [0.15, 0.2) is 30.3 Å². The summed E-state index contributed by atoms with van der Waals surface area (Å²) in [5.74, 6) is 0.0608. The first-order chi connectivity index (χ1) is 9.78. The summed E-state index contributed by atoms with van der Waals surface area (Å²) in [7, 11) is -1.13. The summed E-state index contributed by atoms with van der Waals surface area (Å²) >= 11 is 0. The quantitative estimate of drug-likeness (QED) is 0.874. The Kier molecular flexibility index (Phi) is 4.68. The molecule has 1 heterocycles. The fourth-order valence-corrected chi connectivity index (χ4v) is 4.77. The van der Waals surface area contributed by atoms with Crippen LogP contribution in [0, 0.1) is 0 Å². The third-order valence-electron chi connectivity index (χ3n) is 3.65. The number of hydrogen-bond acceptors (Lipinski definition) is 4. The van der Waals surface area contributed by atoms with E-state index in [0.29, 0.717) is 13.0 Å². The lowest BCUT2D eigenvalue weighted by atomic mass is 10.0. The molecule has 116 valence electrons. The summed E-state index contributed by atoms with van der Waals surface area (Å²) in [5.41, 5.74) is 0.520. The minimum Gasteiger partial charge on any atom is -0.349 e. The molecule has 1 aromatic rings. The molecule has 0 radical (unpaired) electrons. The van der Waals surface area contributed by atoms with Gasteiger partial charge in [-0.15, -0.1) is 0 Å². The Labute approximate surface area is 126 Å². The molecule has 0 aliphatic carbocycles. The van der Waals surface area contributed by atoms with Crippen molar-refractivity contribution >= 4 is 15.7 Å². The van der Waals surface area contributed by atoms with Crippen LogP contribution in [0.4, 0.5) is 0 Å². The minimum atomic E-state index is -3.00. The van der Waals surface area contributed by atoms with E-state index >= 15 is 0 Å². The highest BCUT2D eigenvalue weighted by molar-refractivity contribution is 7.91. The third kappa shape index (κ3) is 4.82. The van der Waals surface area contributed by atoms with E-state index < -0.39 is 15.4 Å². The molecule has 1 unspecified atom stereocenters. The Bertz CT molecular complexity index is 601. The fraction of sp³-hybridized carbons (Fsp3) is 0.533. The first kappa shape index (κ1) is 16.0. The second-order valence-corrected chi connectivity index (χ2v) is 8.29. The van der Waals surface area contributed by atoms with E-state index in [1.807, 2.05) is 42.3 Å². The van der Waals surface area contributed by atoms with Crippen LogP contribution in [0.5, 0.6) is 0 Å². The zero-order valence-electron chi connectivity index (χ0n) is 12.5. The number of rotatable bonds is 5. The van der Waals surface area contributed by atoms with Gasteiger partial charge in [-0.2, -0.15) is 0 Å². The van der Waals surface area contributed by atoms with Gasteiger partial charge < -0.3 is 5.32 Å². The summed E-state index contributed by atoms with van der Waals surface area (Å²) in [6.45, 7) is 2.74. The number of carbonyl (C=O) groups excluding carboxylic acids is 1. The molecule has 0 bridgehead atoms. The van der Waals surface area contributed by atoms with E-state index in [4.69, 9.17) is 0 Å². The Morgan fingerprint density at radius 2 is 2.00 bits per heavy atom. The van der Waals surface area contributed by atoms with Crippen molar-refractivity contribution in [1.29, 1.82) is 0 Å². The van der Waals surface area contributed by atoms with E-state index in [9.17, 15) is 13.2 Å². The fourth-order valence-electron chi connectivity index (χ4n) is 2.68. The van der Waals surface area contributed by atoms with Crippen molar-refractivity contribution in [3.05, 3.63) is 35.9 Å². The predicted molar refractivity (Wildman–Crippen MR) is 82.6 cm³/mol. The molecule has 1 amide bonds. The summed E-state index contributed by atoms with van der Waals surface area (Å²) in [6.07, 6.45) is 0.490. The summed E-state index contributed by atoms with van der Waals surface area (Å²) in [6, 6.07) is 9.91. The van der Waals surface area contributed by atoms with Crippen molar-refractivity contribution in [3.63, 3.8) is 0 Å². The van der Waals surface area contributed by atoms with E-state index in [1.54, 1.807) is 6.92 Å². The van der Waals surface area contributed by atoms with Crippen LogP contribution in [0.2, 0.25) is 0 Å². The molecule has 1 aliphatic heterocycles. The number of nitrogens with zero attached hydrogens (tertiary/aromatic N) is 1. The van der Waals surface area contributed by atoms with Gasteiger partial charge in [-0.05, 0) is 26.0 Å². The number of nitrogens with one attached hydrogen (secondary N) is 1. The zero-order chi connectivity index (χ0) is 15.5. The highest BCUT2D eigenvalue weighted by atomic mass is 32.2. The van der Waals surface area contributed by atoms with Gasteiger partial charge in [0.2, 0.25) is 5.91 Å². The smallest absolute Gasteiger partial charge is 0.234 e. The van der Waals surface area contributed by atoms with Gasteiger partial charge in [-0.1, -0.05) is 30.3 Å². The molecule has 1 aromatic carbocycles. The highest BCUT2D eigenvalue weighted by Gasteiger charge is 2.39. The van der Waals surface area contributed by atoms with Gasteiger partial charge in [0.25, 0.3) is 0 Å². The molecule has 1 aliphatic rings. The average Bonchev–Trinajstić information content (AvgIpc) is 2.63. The molecular weight excluding hydrogens is 288 g/mol. The van der Waals surface area contributed by atoms with Crippen LogP contribution in [0.3, 0.4) is 0 Å². The lowest BCUT2D eigenvalue weighted by molar-refractivity contribution is -0.123. The second-order valence-electron chi connectivity index (χ2n) is 6.11. The van der Waals surface area contributed by atoms with Gasteiger partial charge in [0.05, 0.1) is 23.6 Å². The van der Waals surface area contributed by atoms with Gasteiger partial charge in [0.15, 0.2) is 9.84 Å². The number of amides is 1. The molecule has 5 nitrogen and oxygen atoms in total. The first-order valence-corrected chi connectivity index (χ1v) is 8.84.